The summed E-state index contributed by atoms with van der Waals surface area (Å²) in [6.07, 6.45) is 0.0356. The molecule has 0 fully saturated rings. The van der Waals surface area contributed by atoms with Crippen molar-refractivity contribution < 1.29 is 38.9 Å². The van der Waals surface area contributed by atoms with E-state index in [0.29, 0.717) is 58.5 Å². The van der Waals surface area contributed by atoms with E-state index in [0.717, 1.165) is 0 Å². The first-order valence-electron chi connectivity index (χ1n) is 11.0. The lowest BCUT2D eigenvalue weighted by Gasteiger charge is -2.34. The van der Waals surface area contributed by atoms with Gasteiger partial charge in [-0.3, -0.25) is 0 Å². The predicted octanol–water partition coefficient (Wildman–Crippen LogP) is 2.74. The van der Waals surface area contributed by atoms with Gasteiger partial charge in [0.2, 0.25) is 0 Å². The van der Waals surface area contributed by atoms with Crippen molar-refractivity contribution in [3.63, 3.8) is 0 Å². The number of ether oxygens (including phenoxy) is 2. The van der Waals surface area contributed by atoms with Gasteiger partial charge in [0.15, 0.2) is 0 Å². The molecule has 2 aliphatic heterocycles. The summed E-state index contributed by atoms with van der Waals surface area (Å²) in [6, 6.07) is 0. The molecule has 0 saturated carbocycles. The summed E-state index contributed by atoms with van der Waals surface area (Å²) in [5.74, 6) is -1.97. The number of rotatable bonds is 10. The third-order valence-corrected chi connectivity index (χ3v) is 7.31. The molecule has 192 valence electrons. The predicted molar refractivity (Wildman–Crippen MR) is 130 cm³/mol. The molecule has 0 unspecified atom stereocenters. The molecule has 11 heteroatoms. The maximum Gasteiger partial charge on any atom is 0.335 e. The van der Waals surface area contributed by atoms with Gasteiger partial charge in [0.05, 0.1) is 36.5 Å². The molecule has 35 heavy (non-hydrogen) atoms. The number of esters is 2. The number of thioether (sulfide) groups is 1. The Hall–Kier alpha value is -3.21. The lowest BCUT2D eigenvalue weighted by Crippen LogP contribution is -2.33. The fourth-order valence-corrected chi connectivity index (χ4v) is 5.08. The van der Waals surface area contributed by atoms with Crippen molar-refractivity contribution in [3.8, 4) is 0 Å². The largest absolute Gasteiger partial charge is 0.478 e. The fourth-order valence-electron chi connectivity index (χ4n) is 4.25. The molecule has 0 radical (unpaired) electrons. The van der Waals surface area contributed by atoms with Crippen LogP contribution in [0, 0.1) is 0 Å². The standard InChI is InChI=1S/C24H32N2O8S/c1-13-17(21(27)28)11-19(23(31)33-5)15(3)25(13)7-9-35-10-8-26-14(2)18(22(29)30)12-20(16(26)4)24(32)34-6/h7-12H2,1-6H3,(H,27,28)(H,29,30). The second-order valence-corrected chi connectivity index (χ2v) is 9.34. The lowest BCUT2D eigenvalue weighted by molar-refractivity contribution is -0.137. The van der Waals surface area contributed by atoms with E-state index in [2.05, 4.69) is 0 Å². The minimum atomic E-state index is -1.07. The van der Waals surface area contributed by atoms with Gasteiger partial charge in [-0.1, -0.05) is 0 Å². The Morgan fingerprint density at radius 2 is 1.00 bits per heavy atom. The summed E-state index contributed by atoms with van der Waals surface area (Å²) in [6.45, 7) is 7.97. The van der Waals surface area contributed by atoms with Crippen molar-refractivity contribution in [2.24, 2.45) is 0 Å². The monoisotopic (exact) mass is 508 g/mol. The van der Waals surface area contributed by atoms with Crippen LogP contribution in [0.4, 0.5) is 0 Å². The maximum absolute atomic E-state index is 12.2. The van der Waals surface area contributed by atoms with Crippen LogP contribution in [0.25, 0.3) is 0 Å². The van der Waals surface area contributed by atoms with Gasteiger partial charge in [-0.15, -0.1) is 0 Å². The highest BCUT2D eigenvalue weighted by atomic mass is 32.2. The van der Waals surface area contributed by atoms with Crippen LogP contribution >= 0.6 is 11.8 Å². The van der Waals surface area contributed by atoms with E-state index in [4.69, 9.17) is 9.47 Å². The minimum Gasteiger partial charge on any atom is -0.478 e. The Balaban J connectivity index is 2.11. The number of nitrogens with zero attached hydrogens (tertiary/aromatic N) is 2. The van der Waals surface area contributed by atoms with Gasteiger partial charge in [-0.2, -0.15) is 11.8 Å². The molecule has 0 aliphatic carbocycles. The molecule has 10 nitrogen and oxygen atoms in total. The Kier molecular flexibility index (Phi) is 9.58. The number of methoxy groups -OCH3 is 2. The van der Waals surface area contributed by atoms with E-state index in [1.165, 1.54) is 14.2 Å². The summed E-state index contributed by atoms with van der Waals surface area (Å²) in [5.41, 5.74) is 3.49. The normalized spacial score (nSPS) is 16.7. The molecule has 0 bridgehead atoms. The number of carboxylic acid groups (broad SMARTS) is 2. The first-order chi connectivity index (χ1) is 16.5. The van der Waals surface area contributed by atoms with E-state index in [-0.39, 0.29) is 24.0 Å². The number of carbonyl (C=O) groups is 4. The summed E-state index contributed by atoms with van der Waals surface area (Å²) in [7, 11) is 2.53. The Labute approximate surface area is 208 Å². The van der Waals surface area contributed by atoms with Crippen molar-refractivity contribution in [1.29, 1.82) is 0 Å². The van der Waals surface area contributed by atoms with Gasteiger partial charge < -0.3 is 29.5 Å². The molecule has 0 aromatic carbocycles. The number of allylic oxidation sites excluding steroid dienone is 4. The van der Waals surface area contributed by atoms with Crippen LogP contribution in [0.2, 0.25) is 0 Å². The second kappa shape index (κ2) is 12.0. The van der Waals surface area contributed by atoms with Gasteiger partial charge in [-0.25, -0.2) is 19.2 Å². The Morgan fingerprint density at radius 1 is 0.686 bits per heavy atom. The number of aliphatic carboxylic acids is 2. The molecule has 2 aliphatic rings. The zero-order valence-corrected chi connectivity index (χ0v) is 21.7. The Morgan fingerprint density at radius 3 is 1.29 bits per heavy atom. The topological polar surface area (TPSA) is 134 Å². The van der Waals surface area contributed by atoms with Crippen LogP contribution in [0.5, 0.6) is 0 Å². The zero-order chi connectivity index (χ0) is 26.4. The molecule has 0 aromatic heterocycles. The minimum absolute atomic E-state index is 0.0178. The van der Waals surface area contributed by atoms with Crippen molar-refractivity contribution in [3.05, 3.63) is 45.1 Å². The summed E-state index contributed by atoms with van der Waals surface area (Å²) in [4.78, 5) is 51.4. The van der Waals surface area contributed by atoms with E-state index in [1.54, 1.807) is 39.5 Å². The number of hydrogen-bond acceptors (Lipinski definition) is 9. The van der Waals surface area contributed by atoms with E-state index in [9.17, 15) is 29.4 Å². The number of carboxylic acids is 2. The van der Waals surface area contributed by atoms with Crippen LogP contribution in [0.3, 0.4) is 0 Å². The Bertz CT molecular complexity index is 972. The molecule has 2 rings (SSSR count). The molecular formula is C24H32N2O8S. The van der Waals surface area contributed by atoms with Crippen molar-refractivity contribution >= 4 is 35.6 Å². The summed E-state index contributed by atoms with van der Waals surface area (Å²) >= 11 is 1.60. The first kappa shape index (κ1) is 28.0. The van der Waals surface area contributed by atoms with Crippen LogP contribution < -0.4 is 0 Å². The van der Waals surface area contributed by atoms with Gasteiger partial charge in [0.1, 0.15) is 0 Å². The molecule has 0 spiro atoms. The van der Waals surface area contributed by atoms with Crippen molar-refractivity contribution in [2.45, 2.75) is 40.5 Å². The van der Waals surface area contributed by atoms with E-state index >= 15 is 0 Å². The smallest absolute Gasteiger partial charge is 0.335 e. The number of hydrogen-bond donors (Lipinski definition) is 2. The quantitative estimate of drug-likeness (QED) is 0.333. The second-order valence-electron chi connectivity index (χ2n) is 8.12. The van der Waals surface area contributed by atoms with Crippen LogP contribution in [0.1, 0.15) is 40.5 Å². The third kappa shape index (κ3) is 6.08. The van der Waals surface area contributed by atoms with E-state index < -0.39 is 23.9 Å². The molecule has 0 aromatic rings. The molecule has 0 atom stereocenters. The molecule has 0 amide bonds. The first-order valence-corrected chi connectivity index (χ1v) is 12.2. The molecule has 2 N–H and O–H groups in total. The fraction of sp³-hybridized carbons (Fsp3) is 0.500. The van der Waals surface area contributed by atoms with Crippen LogP contribution in [-0.2, 0) is 28.7 Å². The van der Waals surface area contributed by atoms with Gasteiger partial charge in [0.25, 0.3) is 0 Å². The summed E-state index contributed by atoms with van der Waals surface area (Å²) in [5, 5.41) is 19.1. The van der Waals surface area contributed by atoms with Gasteiger partial charge in [-0.05, 0) is 27.7 Å². The van der Waals surface area contributed by atoms with Gasteiger partial charge in [0, 0.05) is 60.2 Å². The highest BCUT2D eigenvalue weighted by Crippen LogP contribution is 2.33. The highest BCUT2D eigenvalue weighted by molar-refractivity contribution is 7.99. The molecule has 0 saturated heterocycles. The van der Waals surface area contributed by atoms with E-state index in [1.807, 2.05) is 9.80 Å². The number of carbonyl (C=O) groups excluding carboxylic acids is 2. The average molecular weight is 509 g/mol. The van der Waals surface area contributed by atoms with Crippen LogP contribution in [-0.4, -0.2) is 82.7 Å². The SMILES string of the molecule is COC(=O)C1=C(C)N(CCSCCN2C(C)=C(C(=O)O)CC(C(=O)OC)=C2C)C(C)=C(C(=O)O)C1. The maximum atomic E-state index is 12.2. The molecular weight excluding hydrogens is 476 g/mol. The zero-order valence-electron chi connectivity index (χ0n) is 20.9. The average Bonchev–Trinajstić information content (AvgIpc) is 2.81. The van der Waals surface area contributed by atoms with Crippen LogP contribution in [0.15, 0.2) is 45.1 Å². The molecule has 2 heterocycles. The van der Waals surface area contributed by atoms with Crippen molar-refractivity contribution in [1.82, 2.24) is 9.80 Å². The summed E-state index contributed by atoms with van der Waals surface area (Å²) < 4.78 is 9.66. The van der Waals surface area contributed by atoms with Gasteiger partial charge >= 0.3 is 23.9 Å². The van der Waals surface area contributed by atoms with Crippen molar-refractivity contribution in [2.75, 3.05) is 38.8 Å². The highest BCUT2D eigenvalue weighted by Gasteiger charge is 2.31. The third-order valence-electron chi connectivity index (χ3n) is 6.37. The lowest BCUT2D eigenvalue weighted by atomic mass is 9.96.